The zero-order chi connectivity index (χ0) is 24.2. The second-order valence-corrected chi connectivity index (χ2v) is 8.42. The molecule has 1 aromatic rings. The van der Waals surface area contributed by atoms with Crippen LogP contribution in [-0.2, 0) is 43.3 Å². The van der Waals surface area contributed by atoms with Gasteiger partial charge in [0.15, 0.2) is 0 Å². The van der Waals surface area contributed by atoms with Gasteiger partial charge in [-0.15, -0.1) is 0 Å². The van der Waals surface area contributed by atoms with Crippen molar-refractivity contribution in [2.24, 2.45) is 0 Å². The van der Waals surface area contributed by atoms with Crippen molar-refractivity contribution in [3.63, 3.8) is 0 Å². The summed E-state index contributed by atoms with van der Waals surface area (Å²) in [6.45, 7) is 11.5. The van der Waals surface area contributed by atoms with Crippen LogP contribution in [0.3, 0.4) is 0 Å². The van der Waals surface area contributed by atoms with Gasteiger partial charge in [0.25, 0.3) is 10.1 Å². The van der Waals surface area contributed by atoms with Gasteiger partial charge >= 0.3 is 0 Å². The summed E-state index contributed by atoms with van der Waals surface area (Å²) < 4.78 is 67.7. The van der Waals surface area contributed by atoms with E-state index in [1.165, 1.54) is 6.07 Å². The molecule has 1 aromatic carbocycles. The van der Waals surface area contributed by atoms with Crippen molar-refractivity contribution < 1.29 is 46.1 Å². The van der Waals surface area contributed by atoms with Gasteiger partial charge < -0.3 is 33.2 Å². The third kappa shape index (κ3) is 17.0. The molecule has 1 N–H and O–H groups in total. The Morgan fingerprint density at radius 2 is 0.848 bits per heavy atom. The van der Waals surface area contributed by atoms with Gasteiger partial charge in [-0.3, -0.25) is 4.55 Å². The fourth-order valence-corrected chi connectivity index (χ4v) is 3.33. The Kier molecular flexibility index (Phi) is 17.4. The van der Waals surface area contributed by atoms with Crippen LogP contribution in [0.15, 0.2) is 23.1 Å². The number of benzene rings is 1. The summed E-state index contributed by atoms with van der Waals surface area (Å²) in [6.07, 6.45) is 0. The largest absolute Gasteiger partial charge is 0.377 e. The summed E-state index contributed by atoms with van der Waals surface area (Å²) in [5.41, 5.74) is 1.54. The predicted molar refractivity (Wildman–Crippen MR) is 121 cm³/mol. The SMILES string of the molecule is C1COCCOCCOCCOCCOCCOCCO1.Cc1ccc(S(=O)(=O)O)c(C)c1. The Morgan fingerprint density at radius 1 is 0.576 bits per heavy atom. The third-order valence-electron chi connectivity index (χ3n) is 4.21. The van der Waals surface area contributed by atoms with Crippen molar-refractivity contribution in [1.29, 1.82) is 0 Å². The molecule has 1 heterocycles. The molecule has 192 valence electrons. The first-order valence-corrected chi connectivity index (χ1v) is 12.4. The molecule has 0 amide bonds. The minimum absolute atomic E-state index is 0.0203. The van der Waals surface area contributed by atoms with Crippen molar-refractivity contribution in [2.75, 3.05) is 92.5 Å². The first-order valence-electron chi connectivity index (χ1n) is 11.0. The van der Waals surface area contributed by atoms with Gasteiger partial charge in [0.2, 0.25) is 0 Å². The van der Waals surface area contributed by atoms with Crippen LogP contribution in [0.1, 0.15) is 11.1 Å². The number of hydrogen-bond donors (Lipinski definition) is 1. The van der Waals surface area contributed by atoms with Gasteiger partial charge in [-0.1, -0.05) is 17.7 Å². The molecule has 1 saturated heterocycles. The van der Waals surface area contributed by atoms with Gasteiger partial charge in [-0.2, -0.15) is 8.42 Å². The van der Waals surface area contributed by atoms with Gasteiger partial charge in [0, 0.05) is 0 Å². The Morgan fingerprint density at radius 3 is 1.06 bits per heavy atom. The van der Waals surface area contributed by atoms with Crippen LogP contribution in [0, 0.1) is 13.8 Å². The zero-order valence-corrected chi connectivity index (χ0v) is 20.5. The van der Waals surface area contributed by atoms with E-state index < -0.39 is 10.1 Å². The smallest absolute Gasteiger partial charge is 0.294 e. The zero-order valence-electron chi connectivity index (χ0n) is 19.7. The molecule has 1 aliphatic heterocycles. The molecule has 0 spiro atoms. The van der Waals surface area contributed by atoms with Crippen molar-refractivity contribution in [3.8, 4) is 0 Å². The van der Waals surface area contributed by atoms with Crippen LogP contribution >= 0.6 is 0 Å². The second kappa shape index (κ2) is 19.2. The highest BCUT2D eigenvalue weighted by molar-refractivity contribution is 7.85. The number of ether oxygens (including phenoxy) is 7. The molecular weight excluding hydrogens is 456 g/mol. The van der Waals surface area contributed by atoms with Crippen LogP contribution in [0.2, 0.25) is 0 Å². The average molecular weight is 495 g/mol. The van der Waals surface area contributed by atoms with Crippen molar-refractivity contribution in [3.05, 3.63) is 29.3 Å². The summed E-state index contributed by atoms with van der Waals surface area (Å²) in [4.78, 5) is -0.0203. The van der Waals surface area contributed by atoms with Gasteiger partial charge in [0.1, 0.15) is 0 Å². The van der Waals surface area contributed by atoms with Crippen LogP contribution < -0.4 is 0 Å². The maximum atomic E-state index is 10.7. The first-order chi connectivity index (χ1) is 15.9. The van der Waals surface area contributed by atoms with E-state index >= 15 is 0 Å². The van der Waals surface area contributed by atoms with E-state index in [9.17, 15) is 8.42 Å². The van der Waals surface area contributed by atoms with E-state index in [-0.39, 0.29) is 4.90 Å². The topological polar surface area (TPSA) is 119 Å². The first kappa shape index (κ1) is 29.9. The van der Waals surface area contributed by atoms with Gasteiger partial charge in [-0.05, 0) is 25.5 Å². The highest BCUT2D eigenvalue weighted by Crippen LogP contribution is 2.15. The molecule has 11 heteroatoms. The van der Waals surface area contributed by atoms with Gasteiger partial charge in [0.05, 0.1) is 97.4 Å². The average Bonchev–Trinajstić information content (AvgIpc) is 2.75. The van der Waals surface area contributed by atoms with Crippen LogP contribution in [0.5, 0.6) is 0 Å². The van der Waals surface area contributed by atoms with E-state index in [4.69, 9.17) is 37.7 Å². The fraction of sp³-hybridized carbons (Fsp3) is 0.727. The predicted octanol–water partition coefficient (Wildman–Crippen LogP) is 1.67. The molecule has 0 aliphatic carbocycles. The third-order valence-corrected chi connectivity index (χ3v) is 5.23. The summed E-state index contributed by atoms with van der Waals surface area (Å²) in [7, 11) is -4.05. The normalized spacial score (nSPS) is 19.5. The quantitative estimate of drug-likeness (QED) is 0.577. The number of aryl methyl sites for hydroxylation is 2. The Hall–Kier alpha value is -1.15. The van der Waals surface area contributed by atoms with Crippen molar-refractivity contribution >= 4 is 10.1 Å². The minimum atomic E-state index is -4.05. The van der Waals surface area contributed by atoms with E-state index in [0.717, 1.165) is 5.56 Å². The number of rotatable bonds is 1. The molecule has 0 unspecified atom stereocenters. The summed E-state index contributed by atoms with van der Waals surface area (Å²) in [5.74, 6) is 0. The standard InChI is InChI=1S/C14H28O7.C8H10O3S/c1-2-16-5-6-18-9-10-20-13-14-21-12-11-19-8-7-17-4-3-15-1;1-6-3-4-8(7(2)5-6)12(9,10)11/h1-14H2;3-5H,1-2H3,(H,9,10,11). The molecule has 2 rings (SSSR count). The molecule has 0 saturated carbocycles. The summed E-state index contributed by atoms with van der Waals surface area (Å²) in [5, 5.41) is 0. The summed E-state index contributed by atoms with van der Waals surface area (Å²) >= 11 is 0. The lowest BCUT2D eigenvalue weighted by atomic mass is 10.2. The van der Waals surface area contributed by atoms with E-state index in [0.29, 0.717) is 98.1 Å². The molecule has 0 atom stereocenters. The molecule has 33 heavy (non-hydrogen) atoms. The van der Waals surface area contributed by atoms with Crippen LogP contribution in [0.4, 0.5) is 0 Å². The molecule has 1 aliphatic rings. The highest BCUT2D eigenvalue weighted by Gasteiger charge is 2.11. The molecule has 1 fully saturated rings. The Labute approximate surface area is 197 Å². The molecule has 0 bridgehead atoms. The molecule has 10 nitrogen and oxygen atoms in total. The Balaban J connectivity index is 0.000000383. The lowest BCUT2D eigenvalue weighted by molar-refractivity contribution is -0.0152. The fourth-order valence-electron chi connectivity index (χ4n) is 2.63. The van der Waals surface area contributed by atoms with Crippen molar-refractivity contribution in [1.82, 2.24) is 0 Å². The maximum Gasteiger partial charge on any atom is 0.294 e. The highest BCUT2D eigenvalue weighted by atomic mass is 32.2. The van der Waals surface area contributed by atoms with E-state index in [2.05, 4.69) is 0 Å². The van der Waals surface area contributed by atoms with E-state index in [1.54, 1.807) is 19.1 Å². The maximum absolute atomic E-state index is 10.7. The minimum Gasteiger partial charge on any atom is -0.377 e. The monoisotopic (exact) mass is 494 g/mol. The molecule has 0 radical (unpaired) electrons. The lowest BCUT2D eigenvalue weighted by Crippen LogP contribution is -2.14. The van der Waals surface area contributed by atoms with Crippen LogP contribution in [0.25, 0.3) is 0 Å². The molecule has 0 aromatic heterocycles. The van der Waals surface area contributed by atoms with Crippen molar-refractivity contribution in [2.45, 2.75) is 18.7 Å². The second-order valence-electron chi connectivity index (χ2n) is 7.03. The van der Waals surface area contributed by atoms with Crippen LogP contribution in [-0.4, -0.2) is 105 Å². The van der Waals surface area contributed by atoms with E-state index in [1.807, 2.05) is 6.92 Å². The number of hydrogen-bond acceptors (Lipinski definition) is 9. The Bertz CT molecular complexity index is 619. The van der Waals surface area contributed by atoms with Gasteiger partial charge in [-0.25, -0.2) is 0 Å². The summed E-state index contributed by atoms with van der Waals surface area (Å²) in [6, 6.07) is 4.76. The molecular formula is C22H38O10S. The lowest BCUT2D eigenvalue weighted by Gasteiger charge is -2.07.